The van der Waals surface area contributed by atoms with Gasteiger partial charge in [0.15, 0.2) is 0 Å². The van der Waals surface area contributed by atoms with Crippen LogP contribution in [0.3, 0.4) is 0 Å². The Morgan fingerprint density at radius 2 is 0.433 bits per heavy atom. The molecule has 414 valence electrons. The Hall–Kier alpha value is -11.1. The molecule has 21 aromatic rings. The summed E-state index contributed by atoms with van der Waals surface area (Å²) in [5, 5.41) is 44.1. The molecule has 10 heteroatoms. The first-order valence-corrected chi connectivity index (χ1v) is 33.3. The summed E-state index contributed by atoms with van der Waals surface area (Å²) in [6.45, 7) is 0. The van der Waals surface area contributed by atoms with Crippen molar-refractivity contribution in [1.29, 1.82) is 10.5 Å². The van der Waals surface area contributed by atoms with Gasteiger partial charge in [-0.15, -0.1) is 45.3 Å². The van der Waals surface area contributed by atoms with Crippen LogP contribution in [0.5, 0.6) is 0 Å². The van der Waals surface area contributed by atoms with Crippen LogP contribution in [0.25, 0.3) is 191 Å². The molecule has 0 amide bonds. The molecular formula is C80H40N6S4. The number of aromatic nitrogens is 4. The maximum Gasteiger partial charge on any atom is 0.103 e. The van der Waals surface area contributed by atoms with E-state index in [0.717, 1.165) is 98.6 Å². The van der Waals surface area contributed by atoms with E-state index < -0.39 is 0 Å². The highest BCUT2D eigenvalue weighted by atomic mass is 32.1. The van der Waals surface area contributed by atoms with Crippen molar-refractivity contribution in [2.24, 2.45) is 0 Å². The van der Waals surface area contributed by atoms with Crippen molar-refractivity contribution in [3.05, 3.63) is 254 Å². The number of nitriles is 2. The fourth-order valence-electron chi connectivity index (χ4n) is 15.7. The Kier molecular flexibility index (Phi) is 9.69. The molecule has 0 saturated carbocycles. The SMILES string of the molecule is N#Cc1c(C#N)c(-n2c3ccccc3c3c4sc5ccccc5c4ccc32)c(-n2c3ccccc3c3c4sc5ccccc5c4ccc32)c(-n2c3ccccc3c3c4sc5ccccc5c4ccc32)c1-n1c2ccccc2c2c3sc4ccccc4c3ccc21. The van der Waals surface area contributed by atoms with E-state index in [4.69, 9.17) is 0 Å². The summed E-state index contributed by atoms with van der Waals surface area (Å²) < 4.78 is 19.3. The highest BCUT2D eigenvalue weighted by molar-refractivity contribution is 7.28. The zero-order valence-corrected chi connectivity index (χ0v) is 50.7. The van der Waals surface area contributed by atoms with Crippen molar-refractivity contribution in [1.82, 2.24) is 18.3 Å². The number of para-hydroxylation sites is 4. The minimum Gasteiger partial charge on any atom is -0.306 e. The van der Waals surface area contributed by atoms with Gasteiger partial charge >= 0.3 is 0 Å². The second-order valence-electron chi connectivity index (χ2n) is 23.5. The van der Waals surface area contributed by atoms with E-state index >= 15 is 0 Å². The van der Waals surface area contributed by atoms with E-state index in [1.165, 1.54) is 80.7 Å². The Labute approximate surface area is 526 Å². The summed E-state index contributed by atoms with van der Waals surface area (Å²) in [6.07, 6.45) is 0. The van der Waals surface area contributed by atoms with Crippen LogP contribution in [-0.4, -0.2) is 18.3 Å². The van der Waals surface area contributed by atoms with Crippen LogP contribution in [0.15, 0.2) is 243 Å². The fourth-order valence-corrected chi connectivity index (χ4v) is 20.7. The molecule has 0 unspecified atom stereocenters. The zero-order valence-electron chi connectivity index (χ0n) is 47.4. The molecule has 13 aromatic carbocycles. The monoisotopic (exact) mass is 1210 g/mol. The third kappa shape index (κ3) is 6.13. The lowest BCUT2D eigenvalue weighted by Gasteiger charge is -2.27. The minimum absolute atomic E-state index is 0.278. The van der Waals surface area contributed by atoms with Crippen LogP contribution in [-0.2, 0) is 0 Å². The molecule has 90 heavy (non-hydrogen) atoms. The second kappa shape index (κ2) is 17.8. The summed E-state index contributed by atoms with van der Waals surface area (Å²) in [5.74, 6) is 0. The number of nitrogens with zero attached hydrogens (tertiary/aromatic N) is 6. The quantitative estimate of drug-likeness (QED) is 0.176. The molecule has 21 rings (SSSR count). The van der Waals surface area contributed by atoms with Gasteiger partial charge in [0.1, 0.15) is 12.1 Å². The van der Waals surface area contributed by atoms with E-state index in [1.54, 1.807) is 0 Å². The van der Waals surface area contributed by atoms with E-state index in [2.05, 4.69) is 273 Å². The number of hydrogen-bond donors (Lipinski definition) is 0. The lowest BCUT2D eigenvalue weighted by atomic mass is 9.98. The van der Waals surface area contributed by atoms with Crippen LogP contribution in [0.2, 0.25) is 0 Å². The molecule has 0 fully saturated rings. The Morgan fingerprint density at radius 1 is 0.211 bits per heavy atom. The van der Waals surface area contributed by atoms with Gasteiger partial charge in [-0.2, -0.15) is 10.5 Å². The number of thiophene rings is 4. The summed E-state index contributed by atoms with van der Waals surface area (Å²) in [5.41, 5.74) is 11.1. The predicted octanol–water partition coefficient (Wildman–Crippen LogP) is 23.3. The molecule has 8 aromatic heterocycles. The van der Waals surface area contributed by atoms with Crippen molar-refractivity contribution in [3.8, 4) is 34.9 Å². The Balaban J connectivity index is 1.07. The van der Waals surface area contributed by atoms with Gasteiger partial charge < -0.3 is 18.3 Å². The average molecular weight is 1210 g/mol. The van der Waals surface area contributed by atoms with E-state index in [0.29, 0.717) is 11.4 Å². The van der Waals surface area contributed by atoms with Crippen LogP contribution >= 0.6 is 45.3 Å². The second-order valence-corrected chi connectivity index (χ2v) is 27.7. The summed E-state index contributed by atoms with van der Waals surface area (Å²) in [7, 11) is 0. The first kappa shape index (κ1) is 49.0. The Morgan fingerprint density at radius 3 is 0.689 bits per heavy atom. The number of rotatable bonds is 4. The van der Waals surface area contributed by atoms with E-state index in [-0.39, 0.29) is 11.1 Å². The van der Waals surface area contributed by atoms with E-state index in [9.17, 15) is 10.5 Å². The predicted molar refractivity (Wildman–Crippen MR) is 385 cm³/mol. The van der Waals surface area contributed by atoms with Gasteiger partial charge in [-0.3, -0.25) is 0 Å². The third-order valence-corrected chi connectivity index (χ3v) is 24.1. The first-order chi connectivity index (χ1) is 44.6. The molecule has 0 N–H and O–H groups in total. The topological polar surface area (TPSA) is 67.3 Å². The molecule has 0 atom stereocenters. The third-order valence-electron chi connectivity index (χ3n) is 19.2. The van der Waals surface area contributed by atoms with Gasteiger partial charge in [0.25, 0.3) is 0 Å². The highest BCUT2D eigenvalue weighted by Crippen LogP contribution is 2.54. The van der Waals surface area contributed by atoms with Crippen molar-refractivity contribution in [2.75, 3.05) is 0 Å². The summed E-state index contributed by atoms with van der Waals surface area (Å²) in [6, 6.07) is 94.0. The molecule has 0 spiro atoms. The molecule has 6 nitrogen and oxygen atoms in total. The largest absolute Gasteiger partial charge is 0.306 e. The standard InChI is InChI=1S/C80H40N6S4/c81-41-55-56(42-82)74(84-58-26-10-2-22-52(58)70-62(84)38-34-48-44-18-6-14-30-66(44)88-78(48)70)76(86-60-28-12-4-24-54(60)72-64(86)40-36-50-46-20-8-16-32-68(46)90-80(50)72)75(85-59-27-11-3-23-53(59)71-63(85)39-35-49-45-19-7-15-31-67(45)89-79(49)71)73(55)83-57-25-9-1-21-51(57)69-61(83)37-33-47-43-17-5-13-29-65(43)87-77(47)69/h1-40H. The molecule has 0 saturated heterocycles. The van der Waals surface area contributed by atoms with Crippen molar-refractivity contribution in [2.45, 2.75) is 0 Å². The van der Waals surface area contributed by atoms with Gasteiger partial charge in [-0.25, -0.2) is 0 Å². The fraction of sp³-hybridized carbons (Fsp3) is 0. The van der Waals surface area contributed by atoms with Gasteiger partial charge in [-0.1, -0.05) is 170 Å². The number of fused-ring (bicyclic) bond motifs is 28. The van der Waals surface area contributed by atoms with Gasteiger partial charge in [0.2, 0.25) is 0 Å². The van der Waals surface area contributed by atoms with Gasteiger partial charge in [0, 0.05) is 124 Å². The van der Waals surface area contributed by atoms with Gasteiger partial charge in [-0.05, 0) is 72.8 Å². The summed E-state index contributed by atoms with van der Waals surface area (Å²) >= 11 is 7.28. The normalized spacial score (nSPS) is 12.4. The van der Waals surface area contributed by atoms with Gasteiger partial charge in [0.05, 0.1) is 78.0 Å². The van der Waals surface area contributed by atoms with Crippen molar-refractivity contribution >= 4 is 213 Å². The molecule has 0 bridgehead atoms. The number of hydrogen-bond acceptors (Lipinski definition) is 6. The molecule has 0 aliphatic rings. The smallest absolute Gasteiger partial charge is 0.103 e. The molecule has 8 heterocycles. The zero-order chi connectivity index (χ0) is 58.8. The van der Waals surface area contributed by atoms with Crippen LogP contribution in [0.1, 0.15) is 11.1 Å². The minimum atomic E-state index is 0.278. The summed E-state index contributed by atoms with van der Waals surface area (Å²) in [4.78, 5) is 0. The Bertz CT molecular complexity index is 6530. The van der Waals surface area contributed by atoms with Crippen molar-refractivity contribution < 1.29 is 0 Å². The molecule has 0 aliphatic heterocycles. The lowest BCUT2D eigenvalue weighted by molar-refractivity contribution is 1.01. The van der Waals surface area contributed by atoms with Crippen LogP contribution in [0, 0.1) is 22.7 Å². The number of benzene rings is 13. The first-order valence-electron chi connectivity index (χ1n) is 30.0. The van der Waals surface area contributed by atoms with Crippen LogP contribution in [0.4, 0.5) is 0 Å². The molecular weight excluding hydrogens is 1170 g/mol. The lowest BCUT2D eigenvalue weighted by Crippen LogP contribution is -2.17. The van der Waals surface area contributed by atoms with Crippen molar-refractivity contribution in [3.63, 3.8) is 0 Å². The average Bonchev–Trinajstić information content (AvgIpc) is 1.48. The highest BCUT2D eigenvalue weighted by Gasteiger charge is 2.36. The van der Waals surface area contributed by atoms with Crippen LogP contribution < -0.4 is 0 Å². The maximum absolute atomic E-state index is 12.8. The van der Waals surface area contributed by atoms with E-state index in [1.807, 2.05) is 45.3 Å². The molecule has 0 radical (unpaired) electrons. The maximum atomic E-state index is 12.8. The molecule has 0 aliphatic carbocycles.